The minimum atomic E-state index is -1.83. The van der Waals surface area contributed by atoms with Gasteiger partial charge in [-0.15, -0.1) is 0 Å². The molecule has 0 amide bonds. The summed E-state index contributed by atoms with van der Waals surface area (Å²) < 4.78 is 5.05. The van der Waals surface area contributed by atoms with Gasteiger partial charge in [0.1, 0.15) is 0 Å². The van der Waals surface area contributed by atoms with Gasteiger partial charge in [-0.2, -0.15) is 0 Å². The first-order valence-corrected chi connectivity index (χ1v) is 12.4. The van der Waals surface area contributed by atoms with Crippen LogP contribution in [-0.2, 0) is 0 Å². The van der Waals surface area contributed by atoms with Crippen molar-refractivity contribution in [2.75, 3.05) is 0 Å². The second-order valence-electron chi connectivity index (χ2n) is 3.95. The van der Waals surface area contributed by atoms with E-state index >= 15 is 0 Å². The van der Waals surface area contributed by atoms with Gasteiger partial charge in [0.15, 0.2) is 0 Å². The molecular weight excluding hydrogens is 441 g/mol. The summed E-state index contributed by atoms with van der Waals surface area (Å²) >= 11 is 2.11. The van der Waals surface area contributed by atoms with E-state index in [4.69, 9.17) is 0 Å². The Morgan fingerprint density at radius 1 is 0.706 bits per heavy atom. The van der Waals surface area contributed by atoms with Gasteiger partial charge in [0.25, 0.3) is 0 Å². The van der Waals surface area contributed by atoms with E-state index in [1.165, 1.54) is 11.1 Å². The number of thiophene rings is 2. The van der Waals surface area contributed by atoms with Crippen LogP contribution < -0.4 is 8.44 Å². The Hall–Kier alpha value is -0.497. The summed E-state index contributed by atoms with van der Waals surface area (Å²) in [5.74, 6) is 0. The Bertz CT molecular complexity index is 626. The maximum absolute atomic E-state index is 2.33. The standard InChI is InChI=1S/C8H4S2.C6H5.Bi/c1-3-9-5-7(1)8-2-4-10-6-8;1-2-4-6-5-3-1;/h1-4H;1-5H;. The molecule has 0 nitrogen and oxygen atoms in total. The number of benzene rings is 1. The minimum absolute atomic E-state index is 1.54. The van der Waals surface area contributed by atoms with E-state index in [2.05, 4.69) is 53.2 Å². The Morgan fingerprint density at radius 3 is 1.88 bits per heavy atom. The molecule has 0 aliphatic carbocycles. The molecule has 3 heterocycles. The van der Waals surface area contributed by atoms with Crippen molar-refractivity contribution in [3.05, 3.63) is 53.2 Å². The summed E-state index contributed by atoms with van der Waals surface area (Å²) in [4.78, 5) is 0. The van der Waals surface area contributed by atoms with Crippen LogP contribution in [0.25, 0.3) is 11.1 Å². The fraction of sp³-hybridized carbons (Fsp3) is 0. The molecule has 0 atom stereocenters. The monoisotopic (exact) mass is 450 g/mol. The zero-order valence-corrected chi connectivity index (χ0v) is 14.1. The van der Waals surface area contributed by atoms with Crippen molar-refractivity contribution in [2.24, 2.45) is 0 Å². The van der Waals surface area contributed by atoms with Gasteiger partial charge in [-0.05, 0) is 0 Å². The molecule has 0 saturated heterocycles. The summed E-state index contributed by atoms with van der Waals surface area (Å²) in [6.45, 7) is 0. The van der Waals surface area contributed by atoms with Crippen LogP contribution in [0.5, 0.6) is 0 Å². The summed E-state index contributed by atoms with van der Waals surface area (Å²) in [6.07, 6.45) is 0. The molecule has 0 spiro atoms. The molecule has 82 valence electrons. The molecule has 0 bridgehead atoms. The number of rotatable bonds is 1. The normalized spacial score (nSPS) is 13.6. The molecule has 2 aromatic heterocycles. The van der Waals surface area contributed by atoms with Crippen LogP contribution in [0.2, 0.25) is 0 Å². The number of hydrogen-bond acceptors (Lipinski definition) is 2. The molecule has 4 rings (SSSR count). The van der Waals surface area contributed by atoms with Gasteiger partial charge in [-0.25, -0.2) is 0 Å². The van der Waals surface area contributed by atoms with Gasteiger partial charge in [-0.1, -0.05) is 0 Å². The van der Waals surface area contributed by atoms with Crippen molar-refractivity contribution in [3.63, 3.8) is 0 Å². The molecule has 0 saturated carbocycles. The van der Waals surface area contributed by atoms with Crippen molar-refractivity contribution >= 4 is 52.9 Å². The molecule has 3 heteroatoms. The van der Waals surface area contributed by atoms with Gasteiger partial charge in [-0.3, -0.25) is 0 Å². The molecule has 1 aliphatic heterocycles. The van der Waals surface area contributed by atoms with Crippen LogP contribution in [0.3, 0.4) is 0 Å². The van der Waals surface area contributed by atoms with Gasteiger partial charge in [0.2, 0.25) is 0 Å². The van der Waals surface area contributed by atoms with E-state index in [1.54, 1.807) is 8.44 Å². The molecule has 3 aromatic rings. The third kappa shape index (κ3) is 1.49. The van der Waals surface area contributed by atoms with Crippen LogP contribution in [0.1, 0.15) is 0 Å². The summed E-state index contributed by atoms with van der Waals surface area (Å²) in [5, 5.41) is 4.52. The van der Waals surface area contributed by atoms with Gasteiger partial charge < -0.3 is 0 Å². The Morgan fingerprint density at radius 2 is 1.29 bits per heavy atom. The molecule has 0 radical (unpaired) electrons. The SMILES string of the molecule is c1cc[c]([Bi]2[c]3sccc3-c3ccs[c]32)cc1. The van der Waals surface area contributed by atoms with Crippen LogP contribution in [-0.4, -0.2) is 21.8 Å². The number of fused-ring (bicyclic) bond motifs is 3. The first kappa shape index (κ1) is 10.4. The van der Waals surface area contributed by atoms with E-state index in [0.29, 0.717) is 0 Å². The zero-order valence-electron chi connectivity index (χ0n) is 8.96. The Labute approximate surface area is 116 Å². The predicted molar refractivity (Wildman–Crippen MR) is 78.7 cm³/mol. The first-order chi connectivity index (χ1) is 8.45. The second kappa shape index (κ2) is 4.01. The molecule has 0 fully saturated rings. The predicted octanol–water partition coefficient (Wildman–Crippen LogP) is 2.31. The van der Waals surface area contributed by atoms with Crippen molar-refractivity contribution in [1.29, 1.82) is 0 Å². The van der Waals surface area contributed by atoms with Crippen molar-refractivity contribution in [1.82, 2.24) is 0 Å². The van der Waals surface area contributed by atoms with Crippen LogP contribution >= 0.6 is 22.7 Å². The van der Waals surface area contributed by atoms with E-state index < -0.39 is 21.8 Å². The molecule has 17 heavy (non-hydrogen) atoms. The van der Waals surface area contributed by atoms with Crippen molar-refractivity contribution in [2.45, 2.75) is 0 Å². The Balaban J connectivity index is 1.99. The van der Waals surface area contributed by atoms with Crippen LogP contribution in [0, 0.1) is 0 Å². The summed E-state index contributed by atoms with van der Waals surface area (Å²) in [5.41, 5.74) is 3.07. The van der Waals surface area contributed by atoms with E-state index in [-0.39, 0.29) is 0 Å². The first-order valence-electron chi connectivity index (χ1n) is 5.46. The molecule has 0 N–H and O–H groups in total. The molecule has 1 aromatic carbocycles. The Kier molecular flexibility index (Phi) is 2.46. The second-order valence-corrected chi connectivity index (χ2v) is 16.4. The molecule has 1 aliphatic rings. The number of hydrogen-bond donors (Lipinski definition) is 0. The maximum atomic E-state index is 2.33. The van der Waals surface area contributed by atoms with Crippen molar-refractivity contribution in [3.8, 4) is 11.1 Å². The van der Waals surface area contributed by atoms with E-state index in [0.717, 1.165) is 0 Å². The fourth-order valence-electron chi connectivity index (χ4n) is 2.26. The van der Waals surface area contributed by atoms with Gasteiger partial charge in [0, 0.05) is 0 Å². The average molecular weight is 450 g/mol. The summed E-state index contributed by atoms with van der Waals surface area (Å²) in [7, 11) is 0. The molecular formula is C14H9BiS2. The van der Waals surface area contributed by atoms with E-state index in [1.807, 2.05) is 22.7 Å². The summed E-state index contributed by atoms with van der Waals surface area (Å²) in [6, 6.07) is 15.8. The third-order valence-electron chi connectivity index (χ3n) is 3.00. The van der Waals surface area contributed by atoms with Gasteiger partial charge in [0.05, 0.1) is 0 Å². The topological polar surface area (TPSA) is 0 Å². The quantitative estimate of drug-likeness (QED) is 0.391. The van der Waals surface area contributed by atoms with Crippen molar-refractivity contribution < 1.29 is 0 Å². The molecule has 0 unspecified atom stereocenters. The third-order valence-corrected chi connectivity index (χ3v) is 18.3. The van der Waals surface area contributed by atoms with Crippen LogP contribution in [0.4, 0.5) is 0 Å². The zero-order chi connectivity index (χ0) is 11.2. The van der Waals surface area contributed by atoms with Crippen LogP contribution in [0.15, 0.2) is 53.2 Å². The van der Waals surface area contributed by atoms with E-state index in [9.17, 15) is 0 Å². The average Bonchev–Trinajstić information content (AvgIpc) is 3.01. The van der Waals surface area contributed by atoms with Gasteiger partial charge >= 0.3 is 117 Å². The fourth-order valence-corrected chi connectivity index (χ4v) is 19.3.